The van der Waals surface area contributed by atoms with Crippen LogP contribution in [0.1, 0.15) is 20.7 Å². The van der Waals surface area contributed by atoms with Gasteiger partial charge in [-0.15, -0.1) is 0 Å². The van der Waals surface area contributed by atoms with Crippen molar-refractivity contribution in [3.63, 3.8) is 0 Å². The summed E-state index contributed by atoms with van der Waals surface area (Å²) in [5, 5.41) is 3.86. The molecule has 1 aromatic heterocycles. The summed E-state index contributed by atoms with van der Waals surface area (Å²) in [6, 6.07) is 9.58. The number of carbonyl (C=O) groups is 2. The highest BCUT2D eigenvalue weighted by Crippen LogP contribution is 2.28. The Kier molecular flexibility index (Phi) is 4.71. The van der Waals surface area contributed by atoms with Crippen LogP contribution in [0.3, 0.4) is 0 Å². The van der Waals surface area contributed by atoms with Crippen LogP contribution in [-0.2, 0) is 4.74 Å². The Morgan fingerprint density at radius 3 is 2.46 bits per heavy atom. The zero-order valence-electron chi connectivity index (χ0n) is 12.3. The molecular formula is C16H10Cl2N2O3S. The number of hydrogen-bond acceptors (Lipinski definition) is 5. The average molecular weight is 381 g/mol. The molecule has 8 heteroatoms. The molecule has 0 fully saturated rings. The van der Waals surface area contributed by atoms with Crippen LogP contribution in [0.4, 0.5) is 5.13 Å². The van der Waals surface area contributed by atoms with E-state index in [1.165, 1.54) is 30.6 Å². The molecule has 1 amide bonds. The second-order valence-electron chi connectivity index (χ2n) is 4.81. The summed E-state index contributed by atoms with van der Waals surface area (Å²) in [5.74, 6) is -0.795. The Balaban J connectivity index is 1.87. The normalized spacial score (nSPS) is 10.6. The average Bonchev–Trinajstić information content (AvgIpc) is 2.94. The number of methoxy groups -OCH3 is 1. The number of benzene rings is 2. The first-order valence-electron chi connectivity index (χ1n) is 6.72. The summed E-state index contributed by atoms with van der Waals surface area (Å²) in [4.78, 5) is 28.2. The minimum atomic E-state index is -0.426. The largest absolute Gasteiger partial charge is 0.465 e. The number of fused-ring (bicyclic) bond motifs is 1. The second kappa shape index (κ2) is 6.76. The molecule has 0 saturated heterocycles. The van der Waals surface area contributed by atoms with Crippen molar-refractivity contribution in [2.75, 3.05) is 12.4 Å². The fourth-order valence-electron chi connectivity index (χ4n) is 2.08. The maximum atomic E-state index is 12.3. The third-order valence-electron chi connectivity index (χ3n) is 3.15. The molecule has 0 atom stereocenters. The van der Waals surface area contributed by atoms with Gasteiger partial charge >= 0.3 is 5.97 Å². The van der Waals surface area contributed by atoms with Gasteiger partial charge in [0.15, 0.2) is 5.13 Å². The maximum absolute atomic E-state index is 12.3. The van der Waals surface area contributed by atoms with Gasteiger partial charge in [0, 0.05) is 15.6 Å². The number of esters is 1. The van der Waals surface area contributed by atoms with Crippen LogP contribution < -0.4 is 5.32 Å². The molecule has 5 nitrogen and oxygen atoms in total. The number of anilines is 1. The number of nitrogens with one attached hydrogen (secondary N) is 1. The molecule has 3 aromatic rings. The zero-order valence-corrected chi connectivity index (χ0v) is 14.6. The van der Waals surface area contributed by atoms with E-state index < -0.39 is 5.97 Å². The zero-order chi connectivity index (χ0) is 17.3. The van der Waals surface area contributed by atoms with Crippen LogP contribution in [0.5, 0.6) is 0 Å². The summed E-state index contributed by atoms with van der Waals surface area (Å²) in [7, 11) is 1.32. The van der Waals surface area contributed by atoms with E-state index in [9.17, 15) is 9.59 Å². The third-order valence-corrected chi connectivity index (χ3v) is 4.52. The van der Waals surface area contributed by atoms with E-state index >= 15 is 0 Å². The van der Waals surface area contributed by atoms with E-state index in [0.717, 1.165) is 4.70 Å². The van der Waals surface area contributed by atoms with Crippen molar-refractivity contribution in [2.45, 2.75) is 0 Å². The number of amides is 1. The number of ether oxygens (including phenoxy) is 1. The standard InChI is InChI=1S/C16H10Cl2N2O3S/c1-23-15(22)8-2-3-12-13(6-8)24-16(19-12)20-14(21)9-4-10(17)7-11(18)5-9/h2-7H,1H3,(H,19,20,21). The maximum Gasteiger partial charge on any atom is 0.337 e. The summed E-state index contributed by atoms with van der Waals surface area (Å²) in [5.41, 5.74) is 1.43. The van der Waals surface area contributed by atoms with Gasteiger partial charge in [0.05, 0.1) is 22.9 Å². The molecular weight excluding hydrogens is 371 g/mol. The smallest absolute Gasteiger partial charge is 0.337 e. The molecule has 24 heavy (non-hydrogen) atoms. The molecule has 1 N–H and O–H groups in total. The van der Waals surface area contributed by atoms with Crippen molar-refractivity contribution in [3.05, 3.63) is 57.6 Å². The highest BCUT2D eigenvalue weighted by molar-refractivity contribution is 7.22. The summed E-state index contributed by atoms with van der Waals surface area (Å²) in [6.45, 7) is 0. The first kappa shape index (κ1) is 16.7. The molecule has 0 spiro atoms. The van der Waals surface area contributed by atoms with Crippen molar-refractivity contribution >= 4 is 61.8 Å². The molecule has 0 unspecified atom stereocenters. The van der Waals surface area contributed by atoms with Crippen LogP contribution in [0.2, 0.25) is 10.0 Å². The van der Waals surface area contributed by atoms with Crippen LogP contribution in [0, 0.1) is 0 Å². The predicted octanol–water partition coefficient (Wildman–Crippen LogP) is 4.64. The molecule has 0 aliphatic carbocycles. The van der Waals surface area contributed by atoms with Crippen LogP contribution in [0.25, 0.3) is 10.2 Å². The minimum Gasteiger partial charge on any atom is -0.465 e. The molecule has 0 radical (unpaired) electrons. The summed E-state index contributed by atoms with van der Waals surface area (Å²) in [6.07, 6.45) is 0. The first-order chi connectivity index (χ1) is 11.5. The lowest BCUT2D eigenvalue weighted by Crippen LogP contribution is -2.11. The van der Waals surface area contributed by atoms with Crippen molar-refractivity contribution in [1.29, 1.82) is 0 Å². The van der Waals surface area contributed by atoms with Gasteiger partial charge < -0.3 is 4.74 Å². The second-order valence-corrected chi connectivity index (χ2v) is 6.71. The SMILES string of the molecule is COC(=O)c1ccc2nc(NC(=O)c3cc(Cl)cc(Cl)c3)sc2c1. The number of rotatable bonds is 3. The van der Waals surface area contributed by atoms with Crippen LogP contribution in [0.15, 0.2) is 36.4 Å². The first-order valence-corrected chi connectivity index (χ1v) is 8.30. The topological polar surface area (TPSA) is 68.3 Å². The van der Waals surface area contributed by atoms with Gasteiger partial charge in [0.25, 0.3) is 5.91 Å². The van der Waals surface area contributed by atoms with Crippen LogP contribution >= 0.6 is 34.5 Å². The van der Waals surface area contributed by atoms with E-state index in [1.54, 1.807) is 24.3 Å². The number of hydrogen-bond donors (Lipinski definition) is 1. The molecule has 3 rings (SSSR count). The van der Waals surface area contributed by atoms with E-state index in [4.69, 9.17) is 23.2 Å². The van der Waals surface area contributed by atoms with E-state index in [1.807, 2.05) is 0 Å². The Hall–Kier alpha value is -2.15. The number of halogens is 2. The van der Waals surface area contributed by atoms with Crippen molar-refractivity contribution in [2.24, 2.45) is 0 Å². The highest BCUT2D eigenvalue weighted by atomic mass is 35.5. The van der Waals surface area contributed by atoms with Gasteiger partial charge in [-0.1, -0.05) is 34.5 Å². The van der Waals surface area contributed by atoms with Crippen molar-refractivity contribution in [3.8, 4) is 0 Å². The molecule has 0 aliphatic heterocycles. The van der Waals surface area contributed by atoms with Gasteiger partial charge in [-0.2, -0.15) is 0 Å². The Morgan fingerprint density at radius 2 is 1.79 bits per heavy atom. The predicted molar refractivity (Wildman–Crippen MR) is 95.4 cm³/mol. The number of carbonyl (C=O) groups excluding carboxylic acids is 2. The van der Waals surface area contributed by atoms with E-state index in [-0.39, 0.29) is 5.91 Å². The monoisotopic (exact) mass is 380 g/mol. The fraction of sp³-hybridized carbons (Fsp3) is 0.0625. The molecule has 0 bridgehead atoms. The third kappa shape index (κ3) is 3.51. The van der Waals surface area contributed by atoms with Gasteiger partial charge in [0.2, 0.25) is 0 Å². The molecule has 0 saturated carbocycles. The molecule has 2 aromatic carbocycles. The molecule has 122 valence electrons. The lowest BCUT2D eigenvalue weighted by atomic mass is 10.2. The summed E-state index contributed by atoms with van der Waals surface area (Å²) < 4.78 is 5.45. The van der Waals surface area contributed by atoms with Crippen LogP contribution in [-0.4, -0.2) is 24.0 Å². The van der Waals surface area contributed by atoms with Gasteiger partial charge in [0.1, 0.15) is 0 Å². The minimum absolute atomic E-state index is 0.335. The lowest BCUT2D eigenvalue weighted by molar-refractivity contribution is 0.0601. The van der Waals surface area contributed by atoms with Crippen molar-refractivity contribution < 1.29 is 14.3 Å². The van der Waals surface area contributed by atoms with Gasteiger partial charge in [-0.3, -0.25) is 10.1 Å². The van der Waals surface area contributed by atoms with Gasteiger partial charge in [-0.25, -0.2) is 9.78 Å². The Labute approximate surface area is 151 Å². The van der Waals surface area contributed by atoms with Crippen molar-refractivity contribution in [1.82, 2.24) is 4.98 Å². The van der Waals surface area contributed by atoms with E-state index in [0.29, 0.717) is 31.8 Å². The number of thiazole rings is 1. The quantitative estimate of drug-likeness (QED) is 0.671. The summed E-state index contributed by atoms with van der Waals surface area (Å²) >= 11 is 13.1. The highest BCUT2D eigenvalue weighted by Gasteiger charge is 2.13. The Bertz CT molecular complexity index is 935. The molecule has 0 aliphatic rings. The Morgan fingerprint density at radius 1 is 1.08 bits per heavy atom. The lowest BCUT2D eigenvalue weighted by Gasteiger charge is -2.02. The van der Waals surface area contributed by atoms with E-state index in [2.05, 4.69) is 15.0 Å². The molecule has 1 heterocycles. The fourth-order valence-corrected chi connectivity index (χ4v) is 3.50. The number of aromatic nitrogens is 1. The van der Waals surface area contributed by atoms with Gasteiger partial charge in [-0.05, 0) is 36.4 Å². The number of nitrogens with zero attached hydrogens (tertiary/aromatic N) is 1.